The Morgan fingerprint density at radius 2 is 2.05 bits per heavy atom. The Hall–Kier alpha value is -2.04. The minimum Gasteiger partial charge on any atom is -0.507 e. The predicted molar refractivity (Wildman–Crippen MR) is 70.9 cm³/mol. The molecule has 1 fully saturated rings. The molecule has 1 saturated carbocycles. The number of hydrogen-bond donors (Lipinski definition) is 3. The van der Waals surface area contributed by atoms with Crippen molar-refractivity contribution in [3.05, 3.63) is 29.3 Å². The van der Waals surface area contributed by atoms with Crippen molar-refractivity contribution >= 4 is 11.8 Å². The van der Waals surface area contributed by atoms with Gasteiger partial charge in [0.1, 0.15) is 11.8 Å². The van der Waals surface area contributed by atoms with Crippen LogP contribution in [0.2, 0.25) is 0 Å². The van der Waals surface area contributed by atoms with Gasteiger partial charge in [-0.2, -0.15) is 0 Å². The minimum absolute atomic E-state index is 0.0465. The van der Waals surface area contributed by atoms with Crippen LogP contribution in [0.3, 0.4) is 0 Å². The van der Waals surface area contributed by atoms with E-state index in [2.05, 4.69) is 10.6 Å². The lowest BCUT2D eigenvalue weighted by Crippen LogP contribution is -2.45. The maximum absolute atomic E-state index is 12.0. The van der Waals surface area contributed by atoms with Crippen LogP contribution in [0.15, 0.2) is 18.2 Å². The topological polar surface area (TPSA) is 78.4 Å². The van der Waals surface area contributed by atoms with Crippen LogP contribution in [0.5, 0.6) is 5.75 Å². The van der Waals surface area contributed by atoms with Gasteiger partial charge in [0, 0.05) is 6.04 Å². The van der Waals surface area contributed by atoms with Crippen molar-refractivity contribution in [2.75, 3.05) is 0 Å². The number of hydrogen-bond acceptors (Lipinski definition) is 3. The van der Waals surface area contributed by atoms with Crippen LogP contribution in [0.1, 0.15) is 35.7 Å². The fraction of sp³-hybridized carbons (Fsp3) is 0.429. The van der Waals surface area contributed by atoms with Gasteiger partial charge in [0.05, 0.1) is 5.56 Å². The highest BCUT2D eigenvalue weighted by atomic mass is 16.3. The number of benzene rings is 1. The molecule has 0 aliphatic heterocycles. The Morgan fingerprint density at radius 1 is 1.37 bits per heavy atom. The highest BCUT2D eigenvalue weighted by Crippen LogP contribution is 2.21. The normalized spacial score (nSPS) is 15.7. The molecule has 1 aromatic rings. The average molecular weight is 262 g/mol. The lowest BCUT2D eigenvalue weighted by Gasteiger charge is -2.14. The molecule has 1 aliphatic rings. The van der Waals surface area contributed by atoms with Crippen molar-refractivity contribution in [3.8, 4) is 5.75 Å². The standard InChI is InChI=1S/C14H18N2O3/c1-8-4-3-5-11(12(8)17)14(19)15-9(2)13(18)16-10-6-7-10/h3-5,9-10,17H,6-7H2,1-2H3,(H,15,19)(H,16,18). The second-order valence-electron chi connectivity index (χ2n) is 4.95. The van der Waals surface area contributed by atoms with Gasteiger partial charge in [-0.1, -0.05) is 12.1 Å². The quantitative estimate of drug-likeness (QED) is 0.760. The van der Waals surface area contributed by atoms with Crippen LogP contribution in [0.4, 0.5) is 0 Å². The number of aromatic hydroxyl groups is 1. The molecule has 0 aromatic heterocycles. The summed E-state index contributed by atoms with van der Waals surface area (Å²) in [7, 11) is 0. The molecule has 0 saturated heterocycles. The molecule has 0 heterocycles. The third-order valence-electron chi connectivity index (χ3n) is 3.15. The number of amides is 2. The zero-order valence-electron chi connectivity index (χ0n) is 11.1. The molecule has 3 N–H and O–H groups in total. The van der Waals surface area contributed by atoms with E-state index in [9.17, 15) is 14.7 Å². The van der Waals surface area contributed by atoms with E-state index in [1.807, 2.05) is 0 Å². The molecule has 1 atom stereocenters. The van der Waals surface area contributed by atoms with Crippen molar-refractivity contribution in [2.45, 2.75) is 38.8 Å². The highest BCUT2D eigenvalue weighted by Gasteiger charge is 2.26. The second kappa shape index (κ2) is 5.30. The van der Waals surface area contributed by atoms with Gasteiger partial charge in [0.15, 0.2) is 0 Å². The van der Waals surface area contributed by atoms with Gasteiger partial charge in [-0.05, 0) is 38.3 Å². The van der Waals surface area contributed by atoms with E-state index in [4.69, 9.17) is 0 Å². The number of nitrogens with one attached hydrogen (secondary N) is 2. The molecule has 19 heavy (non-hydrogen) atoms. The Labute approximate surface area is 112 Å². The number of carbonyl (C=O) groups is 2. The maximum Gasteiger partial charge on any atom is 0.255 e. The summed E-state index contributed by atoms with van der Waals surface area (Å²) < 4.78 is 0. The molecular formula is C14H18N2O3. The van der Waals surface area contributed by atoms with E-state index < -0.39 is 11.9 Å². The molecule has 2 rings (SSSR count). The summed E-state index contributed by atoms with van der Waals surface area (Å²) >= 11 is 0. The molecule has 1 unspecified atom stereocenters. The molecule has 1 aliphatic carbocycles. The maximum atomic E-state index is 12.0. The summed E-state index contributed by atoms with van der Waals surface area (Å²) in [4.78, 5) is 23.7. The van der Waals surface area contributed by atoms with E-state index in [1.54, 1.807) is 26.0 Å². The van der Waals surface area contributed by atoms with Crippen LogP contribution in [-0.4, -0.2) is 29.0 Å². The fourth-order valence-electron chi connectivity index (χ4n) is 1.74. The van der Waals surface area contributed by atoms with Gasteiger partial charge in [0.2, 0.25) is 5.91 Å². The lowest BCUT2D eigenvalue weighted by molar-refractivity contribution is -0.122. The van der Waals surface area contributed by atoms with E-state index in [0.29, 0.717) is 5.56 Å². The summed E-state index contributed by atoms with van der Waals surface area (Å²) in [6.45, 7) is 3.35. The molecule has 0 bridgehead atoms. The molecule has 5 nitrogen and oxygen atoms in total. The summed E-state index contributed by atoms with van der Waals surface area (Å²) in [5.74, 6) is -0.683. The number of phenolic OH excluding ortho intramolecular Hbond substituents is 1. The van der Waals surface area contributed by atoms with E-state index in [0.717, 1.165) is 12.8 Å². The van der Waals surface area contributed by atoms with Crippen LogP contribution in [-0.2, 0) is 4.79 Å². The van der Waals surface area contributed by atoms with Gasteiger partial charge in [-0.3, -0.25) is 9.59 Å². The monoisotopic (exact) mass is 262 g/mol. The highest BCUT2D eigenvalue weighted by molar-refractivity contribution is 5.99. The fourth-order valence-corrected chi connectivity index (χ4v) is 1.74. The summed E-state index contributed by atoms with van der Waals surface area (Å²) in [5.41, 5.74) is 0.814. The molecule has 0 spiro atoms. The molecule has 102 valence electrons. The second-order valence-corrected chi connectivity index (χ2v) is 4.95. The molecule has 1 aromatic carbocycles. The van der Waals surface area contributed by atoms with Crippen LogP contribution in [0.25, 0.3) is 0 Å². The van der Waals surface area contributed by atoms with Crippen molar-refractivity contribution < 1.29 is 14.7 Å². The largest absolute Gasteiger partial charge is 0.507 e. The third-order valence-corrected chi connectivity index (χ3v) is 3.15. The number of carbonyl (C=O) groups excluding carboxylic acids is 2. The first-order valence-corrected chi connectivity index (χ1v) is 6.39. The van der Waals surface area contributed by atoms with Crippen molar-refractivity contribution in [1.82, 2.24) is 10.6 Å². The lowest BCUT2D eigenvalue weighted by atomic mass is 10.1. The smallest absolute Gasteiger partial charge is 0.255 e. The number of aryl methyl sites for hydroxylation is 1. The van der Waals surface area contributed by atoms with Gasteiger partial charge in [-0.25, -0.2) is 0 Å². The molecule has 0 radical (unpaired) electrons. The van der Waals surface area contributed by atoms with Crippen LogP contribution in [0, 0.1) is 6.92 Å². The number of rotatable bonds is 4. The number of para-hydroxylation sites is 1. The predicted octanol–water partition coefficient (Wildman–Crippen LogP) is 1.10. The van der Waals surface area contributed by atoms with E-state index in [1.165, 1.54) is 6.07 Å². The van der Waals surface area contributed by atoms with E-state index >= 15 is 0 Å². The summed E-state index contributed by atoms with van der Waals surface area (Å²) in [5, 5.41) is 15.2. The first-order valence-electron chi connectivity index (χ1n) is 6.39. The Bertz CT molecular complexity index is 509. The van der Waals surface area contributed by atoms with Crippen LogP contribution >= 0.6 is 0 Å². The molecular weight excluding hydrogens is 244 g/mol. The molecule has 5 heteroatoms. The van der Waals surface area contributed by atoms with Crippen LogP contribution < -0.4 is 10.6 Å². The third kappa shape index (κ3) is 3.24. The Morgan fingerprint density at radius 3 is 2.68 bits per heavy atom. The number of phenols is 1. The average Bonchev–Trinajstić information content (AvgIpc) is 3.16. The van der Waals surface area contributed by atoms with Crippen molar-refractivity contribution in [3.63, 3.8) is 0 Å². The Balaban J connectivity index is 1.99. The summed E-state index contributed by atoms with van der Waals surface area (Å²) in [6, 6.07) is 4.59. The van der Waals surface area contributed by atoms with Gasteiger partial charge in [0.25, 0.3) is 5.91 Å². The zero-order valence-corrected chi connectivity index (χ0v) is 11.1. The SMILES string of the molecule is Cc1cccc(C(=O)NC(C)C(=O)NC2CC2)c1O. The Kier molecular flexibility index (Phi) is 3.74. The van der Waals surface area contributed by atoms with Gasteiger partial charge < -0.3 is 15.7 Å². The minimum atomic E-state index is -0.618. The van der Waals surface area contributed by atoms with Crippen molar-refractivity contribution in [2.24, 2.45) is 0 Å². The zero-order chi connectivity index (χ0) is 14.0. The van der Waals surface area contributed by atoms with E-state index in [-0.39, 0.29) is 23.3 Å². The first-order chi connectivity index (χ1) is 8.99. The van der Waals surface area contributed by atoms with Gasteiger partial charge in [-0.15, -0.1) is 0 Å². The molecule has 2 amide bonds. The summed E-state index contributed by atoms with van der Waals surface area (Å²) in [6.07, 6.45) is 2.01. The van der Waals surface area contributed by atoms with Crippen molar-refractivity contribution in [1.29, 1.82) is 0 Å². The first kappa shape index (κ1) is 13.4. The van der Waals surface area contributed by atoms with Gasteiger partial charge >= 0.3 is 0 Å².